The highest BCUT2D eigenvalue weighted by molar-refractivity contribution is 9.10. The Labute approximate surface area is 212 Å². The number of alkyl halides is 6. The van der Waals surface area contributed by atoms with Crippen LogP contribution in [-0.4, -0.2) is 66.1 Å². The summed E-state index contributed by atoms with van der Waals surface area (Å²) in [6.07, 6.45) is -8.38. The van der Waals surface area contributed by atoms with Crippen molar-refractivity contribution in [2.75, 3.05) is 31.5 Å². The van der Waals surface area contributed by atoms with Gasteiger partial charge in [-0.15, -0.1) is 0 Å². The van der Waals surface area contributed by atoms with Crippen molar-refractivity contribution in [3.8, 4) is 0 Å². The van der Waals surface area contributed by atoms with Gasteiger partial charge in [0.15, 0.2) is 0 Å². The monoisotopic (exact) mass is 585 g/mol. The fourth-order valence-electron chi connectivity index (χ4n) is 4.45. The summed E-state index contributed by atoms with van der Waals surface area (Å²) in [5, 5.41) is 2.48. The van der Waals surface area contributed by atoms with Crippen LogP contribution in [0.5, 0.6) is 0 Å². The summed E-state index contributed by atoms with van der Waals surface area (Å²) in [4.78, 5) is 40.1. The molecule has 2 aliphatic rings. The highest BCUT2D eigenvalue weighted by Crippen LogP contribution is 2.42. The van der Waals surface area contributed by atoms with Crippen LogP contribution in [0.25, 0.3) is 0 Å². The molecule has 6 nitrogen and oxygen atoms in total. The fraction of sp³-hybridized carbons (Fsp3) is 0.609. The zero-order chi connectivity index (χ0) is 26.7. The number of piperidine rings is 2. The fourth-order valence-corrected chi connectivity index (χ4v) is 4.81. The lowest BCUT2D eigenvalue weighted by atomic mass is 9.87. The second-order valence-corrected chi connectivity index (χ2v) is 10.0. The molecular weight excluding hydrogens is 560 g/mol. The summed E-state index contributed by atoms with van der Waals surface area (Å²) in [6.45, 7) is -0.586. The Hall–Kier alpha value is -2.31. The maximum absolute atomic E-state index is 13.3. The zero-order valence-electron chi connectivity index (χ0n) is 19.2. The van der Waals surface area contributed by atoms with E-state index in [9.17, 15) is 40.7 Å². The third kappa shape index (κ3) is 7.36. The molecule has 0 bridgehead atoms. The van der Waals surface area contributed by atoms with E-state index in [4.69, 9.17) is 0 Å². The molecule has 1 unspecified atom stereocenters. The second kappa shape index (κ2) is 11.4. The van der Waals surface area contributed by atoms with Crippen LogP contribution in [0.15, 0.2) is 22.7 Å². The van der Waals surface area contributed by atoms with Gasteiger partial charge < -0.3 is 15.1 Å². The van der Waals surface area contributed by atoms with Gasteiger partial charge >= 0.3 is 12.4 Å². The summed E-state index contributed by atoms with van der Waals surface area (Å²) < 4.78 is 80.4. The minimum absolute atomic E-state index is 0.0573. The Kier molecular flexibility index (Phi) is 8.94. The molecule has 2 fully saturated rings. The molecule has 2 aliphatic heterocycles. The van der Waals surface area contributed by atoms with Crippen molar-refractivity contribution in [2.45, 2.75) is 50.9 Å². The minimum atomic E-state index is -4.91. The molecule has 0 radical (unpaired) electrons. The van der Waals surface area contributed by atoms with Crippen molar-refractivity contribution in [1.82, 2.24) is 9.80 Å². The summed E-state index contributed by atoms with van der Waals surface area (Å²) in [7, 11) is 0. The van der Waals surface area contributed by atoms with Crippen molar-refractivity contribution in [2.24, 2.45) is 11.8 Å². The maximum Gasteiger partial charge on any atom is 0.393 e. The average Bonchev–Trinajstić information content (AvgIpc) is 2.82. The van der Waals surface area contributed by atoms with Crippen LogP contribution < -0.4 is 5.32 Å². The first-order chi connectivity index (χ1) is 16.8. The van der Waals surface area contributed by atoms with Crippen LogP contribution in [-0.2, 0) is 9.59 Å². The standard InChI is InChI=1S/C23H26BrF6N3O3/c24-16-4-5-18(31-19(34)6-7-20(35)32-8-2-1-3-9-32)17(11-16)21(36)33-12-14(22(25,26)27)10-15(13-33)23(28,29)30/h4-5,11,14-15H,1-3,6-10,12-13H2,(H,31,34)/t14-,15?/m0/s1. The first kappa shape index (κ1) is 28.3. The first-order valence-electron chi connectivity index (χ1n) is 11.6. The van der Waals surface area contributed by atoms with Gasteiger partial charge in [0.2, 0.25) is 11.8 Å². The van der Waals surface area contributed by atoms with Gasteiger partial charge in [-0.2, -0.15) is 26.3 Å². The molecule has 1 N–H and O–H groups in total. The van der Waals surface area contributed by atoms with E-state index in [2.05, 4.69) is 21.2 Å². The molecule has 1 aromatic carbocycles. The number of rotatable bonds is 5. The van der Waals surface area contributed by atoms with Gasteiger partial charge in [0.1, 0.15) is 0 Å². The molecule has 1 aromatic rings. The molecule has 13 heteroatoms. The topological polar surface area (TPSA) is 69.7 Å². The lowest BCUT2D eigenvalue weighted by Gasteiger charge is -2.39. The Bertz CT molecular complexity index is 957. The van der Waals surface area contributed by atoms with E-state index in [1.165, 1.54) is 18.2 Å². The van der Waals surface area contributed by atoms with Gasteiger partial charge in [0.25, 0.3) is 5.91 Å². The van der Waals surface area contributed by atoms with E-state index < -0.39 is 55.5 Å². The van der Waals surface area contributed by atoms with E-state index in [0.29, 0.717) is 22.5 Å². The van der Waals surface area contributed by atoms with Crippen LogP contribution in [0.3, 0.4) is 0 Å². The largest absolute Gasteiger partial charge is 0.393 e. The number of benzene rings is 1. The molecule has 2 saturated heterocycles. The van der Waals surface area contributed by atoms with Crippen molar-refractivity contribution < 1.29 is 40.7 Å². The van der Waals surface area contributed by atoms with Crippen LogP contribution in [0.2, 0.25) is 0 Å². The third-order valence-electron chi connectivity index (χ3n) is 6.42. The number of carbonyl (C=O) groups is 3. The molecule has 3 amide bonds. The van der Waals surface area contributed by atoms with E-state index in [1.54, 1.807) is 4.90 Å². The second-order valence-electron chi connectivity index (χ2n) is 9.10. The molecule has 0 saturated carbocycles. The minimum Gasteiger partial charge on any atom is -0.343 e. The summed E-state index contributed by atoms with van der Waals surface area (Å²) in [6, 6.07) is 4.03. The van der Waals surface area contributed by atoms with Gasteiger partial charge in [0, 0.05) is 43.5 Å². The molecule has 2 atom stereocenters. The van der Waals surface area contributed by atoms with Crippen molar-refractivity contribution in [3.63, 3.8) is 0 Å². The van der Waals surface area contributed by atoms with Crippen LogP contribution in [0, 0.1) is 11.8 Å². The Morgan fingerprint density at radius 1 is 0.889 bits per heavy atom. The lowest BCUT2D eigenvalue weighted by Crippen LogP contribution is -2.51. The number of hydrogen-bond donors (Lipinski definition) is 1. The van der Waals surface area contributed by atoms with Crippen molar-refractivity contribution >= 4 is 39.3 Å². The van der Waals surface area contributed by atoms with Crippen LogP contribution >= 0.6 is 15.9 Å². The van der Waals surface area contributed by atoms with Gasteiger partial charge in [-0.1, -0.05) is 15.9 Å². The van der Waals surface area contributed by atoms with Gasteiger partial charge in [0.05, 0.1) is 23.1 Å². The number of carbonyl (C=O) groups excluding carboxylic acids is 3. The molecule has 2 heterocycles. The number of nitrogens with one attached hydrogen (secondary N) is 1. The Morgan fingerprint density at radius 3 is 2.03 bits per heavy atom. The van der Waals surface area contributed by atoms with Crippen LogP contribution in [0.4, 0.5) is 32.0 Å². The third-order valence-corrected chi connectivity index (χ3v) is 6.92. The molecule has 0 aromatic heterocycles. The number of nitrogens with zero attached hydrogens (tertiary/aromatic N) is 2. The molecule has 0 spiro atoms. The van der Waals surface area contributed by atoms with Gasteiger partial charge in [-0.3, -0.25) is 14.4 Å². The number of halogens is 7. The van der Waals surface area contributed by atoms with Crippen molar-refractivity contribution in [3.05, 3.63) is 28.2 Å². The number of anilines is 1. The normalized spacial score (nSPS) is 21.3. The molecule has 36 heavy (non-hydrogen) atoms. The van der Waals surface area contributed by atoms with E-state index in [-0.39, 0.29) is 30.0 Å². The van der Waals surface area contributed by atoms with E-state index in [0.717, 1.165) is 19.3 Å². The van der Waals surface area contributed by atoms with Gasteiger partial charge in [-0.25, -0.2) is 0 Å². The molecule has 200 valence electrons. The number of amides is 3. The van der Waals surface area contributed by atoms with Crippen molar-refractivity contribution in [1.29, 1.82) is 0 Å². The predicted octanol–water partition coefficient (Wildman–Crippen LogP) is 5.38. The number of hydrogen-bond acceptors (Lipinski definition) is 3. The lowest BCUT2D eigenvalue weighted by molar-refractivity contribution is -0.226. The maximum atomic E-state index is 13.3. The van der Waals surface area contributed by atoms with Crippen LogP contribution in [0.1, 0.15) is 48.9 Å². The van der Waals surface area contributed by atoms with E-state index in [1.807, 2.05) is 0 Å². The summed E-state index contributed by atoms with van der Waals surface area (Å²) in [5.41, 5.74) is -0.305. The van der Waals surface area contributed by atoms with Gasteiger partial charge in [-0.05, 0) is 43.9 Å². The average molecular weight is 586 g/mol. The molecule has 0 aliphatic carbocycles. The Balaban J connectivity index is 1.74. The SMILES string of the molecule is O=C(CCC(=O)N1CCCCC1)Nc1ccc(Br)cc1C(=O)N1CC(C(F)(F)F)C[C@H](C(F)(F)F)C1. The predicted molar refractivity (Wildman–Crippen MR) is 122 cm³/mol. The highest BCUT2D eigenvalue weighted by Gasteiger charge is 2.52. The first-order valence-corrected chi connectivity index (χ1v) is 12.3. The zero-order valence-corrected chi connectivity index (χ0v) is 20.8. The van der Waals surface area contributed by atoms with E-state index >= 15 is 0 Å². The highest BCUT2D eigenvalue weighted by atomic mass is 79.9. The molecule has 3 rings (SSSR count). The summed E-state index contributed by atoms with van der Waals surface area (Å²) >= 11 is 3.14. The molecular formula is C23H26BrF6N3O3. The number of likely N-dealkylation sites (tertiary alicyclic amines) is 2. The summed E-state index contributed by atoms with van der Waals surface area (Å²) in [5.74, 6) is -6.49. The quantitative estimate of drug-likeness (QED) is 0.471. The Morgan fingerprint density at radius 2 is 1.47 bits per heavy atom. The smallest absolute Gasteiger partial charge is 0.343 e.